The van der Waals surface area contributed by atoms with Gasteiger partial charge < -0.3 is 15.5 Å². The molecule has 0 aliphatic carbocycles. The maximum Gasteiger partial charge on any atom is 0.292 e. The van der Waals surface area contributed by atoms with E-state index < -0.39 is 10.7 Å². The number of carbonyl (C=O) groups is 2. The summed E-state index contributed by atoms with van der Waals surface area (Å²) in [7, 11) is 0. The first-order valence-corrected chi connectivity index (χ1v) is 8.66. The Morgan fingerprint density at radius 2 is 1.71 bits per heavy atom. The fraction of sp³-hybridized carbons (Fsp3) is 0.263. The van der Waals surface area contributed by atoms with Gasteiger partial charge >= 0.3 is 0 Å². The summed E-state index contributed by atoms with van der Waals surface area (Å²) in [5.41, 5.74) is 6.12. The topological polar surface area (TPSA) is 110 Å². The predicted molar refractivity (Wildman–Crippen MR) is 102 cm³/mol. The van der Waals surface area contributed by atoms with Gasteiger partial charge in [0.15, 0.2) is 5.78 Å². The van der Waals surface area contributed by atoms with Crippen LogP contribution in [0.25, 0.3) is 0 Å². The molecule has 0 aromatic heterocycles. The van der Waals surface area contributed by atoms with Crippen LogP contribution < -0.4 is 10.6 Å². The fourth-order valence-corrected chi connectivity index (χ4v) is 3.15. The van der Waals surface area contributed by atoms with Crippen molar-refractivity contribution in [1.29, 1.82) is 0 Å². The first-order chi connectivity index (χ1) is 13.3. The number of benzene rings is 2. The van der Waals surface area contributed by atoms with Crippen LogP contribution in [0.4, 0.5) is 21.5 Å². The van der Waals surface area contributed by atoms with Gasteiger partial charge in [-0.25, -0.2) is 4.39 Å². The molecule has 3 rings (SSSR count). The van der Waals surface area contributed by atoms with Crippen LogP contribution in [0.2, 0.25) is 0 Å². The quantitative estimate of drug-likeness (QED) is 0.374. The number of ketones is 1. The number of hydrogen-bond donors (Lipinski definition) is 1. The van der Waals surface area contributed by atoms with Crippen molar-refractivity contribution in [3.8, 4) is 0 Å². The average Bonchev–Trinajstić information content (AvgIpc) is 2.67. The number of rotatable bonds is 4. The number of nitrogens with zero attached hydrogens (tertiary/aromatic N) is 3. The lowest BCUT2D eigenvalue weighted by Crippen LogP contribution is -2.49. The van der Waals surface area contributed by atoms with Crippen molar-refractivity contribution in [2.24, 2.45) is 0 Å². The summed E-state index contributed by atoms with van der Waals surface area (Å²) in [6.45, 7) is 2.86. The molecule has 1 amide bonds. The number of anilines is 2. The molecule has 0 spiro atoms. The lowest BCUT2D eigenvalue weighted by atomic mass is 10.1. The summed E-state index contributed by atoms with van der Waals surface area (Å²) >= 11 is 0. The largest absolute Gasteiger partial charge is 0.393 e. The molecule has 0 unspecified atom stereocenters. The Kier molecular flexibility index (Phi) is 5.25. The second-order valence-electron chi connectivity index (χ2n) is 6.53. The maximum absolute atomic E-state index is 14.3. The number of halogens is 1. The van der Waals surface area contributed by atoms with Crippen LogP contribution in [0, 0.1) is 15.9 Å². The minimum Gasteiger partial charge on any atom is -0.393 e. The Bertz CT molecular complexity index is 955. The summed E-state index contributed by atoms with van der Waals surface area (Å²) < 4.78 is 14.3. The molecule has 1 fully saturated rings. The van der Waals surface area contributed by atoms with E-state index in [-0.39, 0.29) is 28.6 Å². The number of nitrogen functional groups attached to an aromatic ring is 1. The molecule has 1 saturated heterocycles. The molecule has 2 aromatic carbocycles. The fourth-order valence-electron chi connectivity index (χ4n) is 3.15. The molecular weight excluding hydrogens is 367 g/mol. The van der Waals surface area contributed by atoms with Gasteiger partial charge in [-0.2, -0.15) is 0 Å². The molecule has 0 bridgehead atoms. The van der Waals surface area contributed by atoms with Crippen LogP contribution in [0.15, 0.2) is 36.4 Å². The van der Waals surface area contributed by atoms with Crippen LogP contribution in [0.5, 0.6) is 0 Å². The molecule has 0 radical (unpaired) electrons. The highest BCUT2D eigenvalue weighted by Crippen LogP contribution is 2.25. The smallest absolute Gasteiger partial charge is 0.292 e. The third kappa shape index (κ3) is 3.78. The first-order valence-electron chi connectivity index (χ1n) is 8.66. The third-order valence-corrected chi connectivity index (χ3v) is 4.74. The predicted octanol–water partition coefficient (Wildman–Crippen LogP) is 2.48. The van der Waals surface area contributed by atoms with Crippen LogP contribution in [-0.4, -0.2) is 47.7 Å². The zero-order valence-corrected chi connectivity index (χ0v) is 15.2. The van der Waals surface area contributed by atoms with E-state index in [0.717, 1.165) is 0 Å². The number of amides is 1. The van der Waals surface area contributed by atoms with Crippen molar-refractivity contribution in [2.75, 3.05) is 36.8 Å². The van der Waals surface area contributed by atoms with E-state index in [0.29, 0.717) is 37.4 Å². The monoisotopic (exact) mass is 386 g/mol. The van der Waals surface area contributed by atoms with E-state index in [1.165, 1.54) is 31.2 Å². The van der Waals surface area contributed by atoms with Crippen molar-refractivity contribution in [3.05, 3.63) is 63.5 Å². The zero-order chi connectivity index (χ0) is 20.4. The van der Waals surface area contributed by atoms with Crippen LogP contribution >= 0.6 is 0 Å². The SMILES string of the molecule is CC(=O)c1ccc(N2CCN(C(=O)c3ccc(N)c([N+](=O)[O-])c3)CC2)c(F)c1. The van der Waals surface area contributed by atoms with Crippen LogP contribution in [0.3, 0.4) is 0 Å². The Balaban J connectivity index is 1.70. The zero-order valence-electron chi connectivity index (χ0n) is 15.2. The summed E-state index contributed by atoms with van der Waals surface area (Å²) in [5, 5.41) is 11.0. The normalized spacial score (nSPS) is 14.1. The van der Waals surface area contributed by atoms with Crippen LogP contribution in [0.1, 0.15) is 27.6 Å². The van der Waals surface area contributed by atoms with Gasteiger partial charge in [-0.1, -0.05) is 0 Å². The van der Waals surface area contributed by atoms with E-state index in [9.17, 15) is 24.1 Å². The van der Waals surface area contributed by atoms with Gasteiger partial charge in [-0.3, -0.25) is 19.7 Å². The summed E-state index contributed by atoms with van der Waals surface area (Å²) in [4.78, 5) is 37.7. The molecule has 1 aliphatic rings. The number of piperazine rings is 1. The molecule has 0 saturated carbocycles. The second kappa shape index (κ2) is 7.63. The van der Waals surface area contributed by atoms with Crippen molar-refractivity contribution >= 4 is 28.8 Å². The van der Waals surface area contributed by atoms with Crippen LogP contribution in [-0.2, 0) is 0 Å². The minimum absolute atomic E-state index is 0.00384. The number of nitrogens with two attached hydrogens (primary N) is 1. The number of carbonyl (C=O) groups excluding carboxylic acids is 2. The van der Waals surface area contributed by atoms with Gasteiger partial charge in [0.05, 0.1) is 10.6 Å². The number of nitro groups is 1. The molecule has 2 aromatic rings. The number of hydrogen-bond acceptors (Lipinski definition) is 6. The molecule has 0 atom stereocenters. The van der Waals surface area contributed by atoms with Crippen molar-refractivity contribution in [3.63, 3.8) is 0 Å². The van der Waals surface area contributed by atoms with Crippen molar-refractivity contribution in [1.82, 2.24) is 4.90 Å². The van der Waals surface area contributed by atoms with Gasteiger partial charge in [0.25, 0.3) is 11.6 Å². The maximum atomic E-state index is 14.3. The number of Topliss-reactive ketones (excluding diaryl/α,β-unsaturated/α-hetero) is 1. The number of nitro benzene ring substituents is 1. The highest BCUT2D eigenvalue weighted by molar-refractivity contribution is 5.96. The van der Waals surface area contributed by atoms with Crippen molar-refractivity contribution in [2.45, 2.75) is 6.92 Å². The van der Waals surface area contributed by atoms with Gasteiger partial charge in [-0.15, -0.1) is 0 Å². The lowest BCUT2D eigenvalue weighted by Gasteiger charge is -2.36. The Hall–Kier alpha value is -3.49. The summed E-state index contributed by atoms with van der Waals surface area (Å²) in [6, 6.07) is 8.32. The second-order valence-corrected chi connectivity index (χ2v) is 6.53. The molecule has 28 heavy (non-hydrogen) atoms. The summed E-state index contributed by atoms with van der Waals surface area (Å²) in [5.74, 6) is -1.03. The lowest BCUT2D eigenvalue weighted by molar-refractivity contribution is -0.383. The molecule has 2 N–H and O–H groups in total. The minimum atomic E-state index is -0.627. The molecular formula is C19H19FN4O4. The first kappa shape index (κ1) is 19.3. The van der Waals surface area contributed by atoms with E-state index >= 15 is 0 Å². The molecule has 1 heterocycles. The molecule has 8 nitrogen and oxygen atoms in total. The van der Waals surface area contributed by atoms with E-state index in [1.807, 2.05) is 0 Å². The van der Waals surface area contributed by atoms with Gasteiger partial charge in [0.1, 0.15) is 11.5 Å². The van der Waals surface area contributed by atoms with E-state index in [4.69, 9.17) is 5.73 Å². The van der Waals surface area contributed by atoms with Gasteiger partial charge in [-0.05, 0) is 37.3 Å². The van der Waals surface area contributed by atoms with E-state index in [1.54, 1.807) is 21.9 Å². The standard InChI is InChI=1S/C19H19FN4O4/c1-12(25)13-3-5-17(15(20)10-13)22-6-8-23(9-7-22)19(26)14-2-4-16(21)18(11-14)24(27)28/h2-5,10-11H,6-9,21H2,1H3. The Morgan fingerprint density at radius 3 is 2.29 bits per heavy atom. The van der Waals surface area contributed by atoms with Gasteiger partial charge in [0.2, 0.25) is 0 Å². The molecule has 9 heteroatoms. The average molecular weight is 386 g/mol. The highest BCUT2D eigenvalue weighted by atomic mass is 19.1. The Morgan fingerprint density at radius 1 is 1.07 bits per heavy atom. The van der Waals surface area contributed by atoms with Gasteiger partial charge in [0, 0.05) is 43.4 Å². The molecule has 146 valence electrons. The Labute approximate surface area is 160 Å². The third-order valence-electron chi connectivity index (χ3n) is 4.74. The van der Waals surface area contributed by atoms with Crippen molar-refractivity contribution < 1.29 is 18.9 Å². The molecule has 1 aliphatic heterocycles. The van der Waals surface area contributed by atoms with E-state index in [2.05, 4.69) is 0 Å². The summed E-state index contributed by atoms with van der Waals surface area (Å²) in [6.07, 6.45) is 0. The highest BCUT2D eigenvalue weighted by Gasteiger charge is 2.25.